The molecular formula is C15H14ClF3N2OS. The first kappa shape index (κ1) is 16.5. The molecule has 1 aromatic carbocycles. The van der Waals surface area contributed by atoms with Crippen molar-refractivity contribution < 1.29 is 18.3 Å². The van der Waals surface area contributed by atoms with Crippen LogP contribution >= 0.6 is 22.9 Å². The Labute approximate surface area is 140 Å². The van der Waals surface area contributed by atoms with E-state index in [0.717, 1.165) is 16.7 Å². The zero-order valence-electron chi connectivity index (χ0n) is 12.0. The Morgan fingerprint density at radius 1 is 1.22 bits per heavy atom. The molecule has 1 aliphatic heterocycles. The van der Waals surface area contributed by atoms with Crippen LogP contribution < -0.4 is 4.90 Å². The van der Waals surface area contributed by atoms with Crippen LogP contribution in [0.25, 0.3) is 0 Å². The van der Waals surface area contributed by atoms with Crippen LogP contribution in [-0.2, 0) is 11.8 Å². The summed E-state index contributed by atoms with van der Waals surface area (Å²) < 4.78 is 37.9. The van der Waals surface area contributed by atoms with Gasteiger partial charge in [0.05, 0.1) is 5.60 Å². The van der Waals surface area contributed by atoms with Crippen molar-refractivity contribution in [1.82, 2.24) is 4.98 Å². The number of rotatable bonds is 2. The van der Waals surface area contributed by atoms with E-state index < -0.39 is 17.5 Å². The maximum absolute atomic E-state index is 12.6. The van der Waals surface area contributed by atoms with Gasteiger partial charge in [-0.15, -0.1) is 11.3 Å². The molecule has 3 rings (SSSR count). The number of anilines is 1. The van der Waals surface area contributed by atoms with Gasteiger partial charge in [-0.1, -0.05) is 29.8 Å². The summed E-state index contributed by atoms with van der Waals surface area (Å²) in [6, 6.07) is 7.10. The SMILES string of the molecule is OC1(c2ccccc2Cl)CCN(c2nc(C(F)(F)F)cs2)CC1. The molecule has 2 aromatic rings. The quantitative estimate of drug-likeness (QED) is 0.865. The zero-order valence-corrected chi connectivity index (χ0v) is 13.5. The average molecular weight is 363 g/mol. The summed E-state index contributed by atoms with van der Waals surface area (Å²) in [5, 5.41) is 12.7. The summed E-state index contributed by atoms with van der Waals surface area (Å²) in [5.74, 6) is 0. The van der Waals surface area contributed by atoms with Gasteiger partial charge in [0.1, 0.15) is 0 Å². The third kappa shape index (κ3) is 3.32. The second-order valence-corrected chi connectivity index (χ2v) is 6.76. The molecule has 0 unspecified atom stereocenters. The van der Waals surface area contributed by atoms with E-state index in [1.54, 1.807) is 23.1 Å². The highest BCUT2D eigenvalue weighted by atomic mass is 35.5. The lowest BCUT2D eigenvalue weighted by molar-refractivity contribution is -0.140. The zero-order chi connectivity index (χ0) is 16.7. The van der Waals surface area contributed by atoms with Crippen molar-refractivity contribution >= 4 is 28.1 Å². The van der Waals surface area contributed by atoms with Crippen LogP contribution in [0.4, 0.5) is 18.3 Å². The summed E-state index contributed by atoms with van der Waals surface area (Å²) in [5.41, 5.74) is -1.26. The lowest BCUT2D eigenvalue weighted by Crippen LogP contribution is -2.42. The van der Waals surface area contributed by atoms with Gasteiger partial charge in [-0.05, 0) is 18.9 Å². The van der Waals surface area contributed by atoms with Crippen molar-refractivity contribution in [3.05, 3.63) is 45.9 Å². The Kier molecular flexibility index (Phi) is 4.29. The largest absolute Gasteiger partial charge is 0.434 e. The lowest BCUT2D eigenvalue weighted by Gasteiger charge is -2.38. The second-order valence-electron chi connectivity index (χ2n) is 5.51. The summed E-state index contributed by atoms with van der Waals surface area (Å²) in [4.78, 5) is 5.42. The van der Waals surface area contributed by atoms with Gasteiger partial charge in [0.15, 0.2) is 10.8 Å². The summed E-state index contributed by atoms with van der Waals surface area (Å²) in [7, 11) is 0. The number of benzene rings is 1. The summed E-state index contributed by atoms with van der Waals surface area (Å²) in [6.45, 7) is 0.846. The van der Waals surface area contributed by atoms with E-state index in [1.807, 2.05) is 6.07 Å². The van der Waals surface area contributed by atoms with E-state index in [1.165, 1.54) is 0 Å². The van der Waals surface area contributed by atoms with Crippen LogP contribution in [0.5, 0.6) is 0 Å². The first-order chi connectivity index (χ1) is 10.8. The number of hydrogen-bond donors (Lipinski definition) is 1. The number of hydrogen-bond acceptors (Lipinski definition) is 4. The maximum Gasteiger partial charge on any atom is 0.434 e. The Balaban J connectivity index is 1.73. The number of piperidine rings is 1. The van der Waals surface area contributed by atoms with Gasteiger partial charge in [-0.3, -0.25) is 0 Å². The summed E-state index contributed by atoms with van der Waals surface area (Å²) in [6.07, 6.45) is -3.65. The molecule has 1 aromatic heterocycles. The molecule has 0 amide bonds. The summed E-state index contributed by atoms with van der Waals surface area (Å²) >= 11 is 7.11. The third-order valence-corrected chi connectivity index (χ3v) is 5.25. The molecule has 0 spiro atoms. The minimum absolute atomic E-state index is 0.332. The smallest absolute Gasteiger partial charge is 0.385 e. The normalized spacial score (nSPS) is 18.2. The predicted octanol–water partition coefficient (Wildman–Crippen LogP) is 4.30. The average Bonchev–Trinajstić information content (AvgIpc) is 2.98. The van der Waals surface area contributed by atoms with Crippen molar-refractivity contribution in [2.24, 2.45) is 0 Å². The highest BCUT2D eigenvalue weighted by Gasteiger charge is 2.38. The molecule has 1 aliphatic rings. The monoisotopic (exact) mass is 362 g/mol. The van der Waals surface area contributed by atoms with E-state index in [2.05, 4.69) is 4.98 Å². The topological polar surface area (TPSA) is 36.4 Å². The number of halogens is 4. The third-order valence-electron chi connectivity index (χ3n) is 4.02. The molecule has 8 heteroatoms. The van der Waals surface area contributed by atoms with Gasteiger partial charge in [0, 0.05) is 29.1 Å². The molecule has 0 radical (unpaired) electrons. The molecular weight excluding hydrogens is 349 g/mol. The molecule has 0 saturated carbocycles. The molecule has 23 heavy (non-hydrogen) atoms. The van der Waals surface area contributed by atoms with Gasteiger partial charge in [-0.25, -0.2) is 4.98 Å². The highest BCUT2D eigenvalue weighted by Crippen LogP contribution is 2.39. The number of alkyl halides is 3. The standard InChI is InChI=1S/C15H14ClF3N2OS/c16-11-4-2-1-3-10(11)14(22)5-7-21(8-6-14)13-20-12(9-23-13)15(17,18)19/h1-4,9,22H,5-8H2. The first-order valence-corrected chi connectivity index (χ1v) is 8.30. The minimum Gasteiger partial charge on any atom is -0.385 e. The Morgan fingerprint density at radius 3 is 2.43 bits per heavy atom. The fraction of sp³-hybridized carbons (Fsp3) is 0.400. The molecule has 0 aliphatic carbocycles. The van der Waals surface area contributed by atoms with Crippen LogP contribution in [-0.4, -0.2) is 23.2 Å². The van der Waals surface area contributed by atoms with Crippen LogP contribution in [0.2, 0.25) is 5.02 Å². The van der Waals surface area contributed by atoms with Crippen molar-refractivity contribution in [3.8, 4) is 0 Å². The molecule has 1 N–H and O–H groups in total. The maximum atomic E-state index is 12.6. The Hall–Kier alpha value is -1.31. The number of aromatic nitrogens is 1. The van der Waals surface area contributed by atoms with Gasteiger partial charge in [-0.2, -0.15) is 13.2 Å². The fourth-order valence-electron chi connectivity index (χ4n) is 2.72. The van der Waals surface area contributed by atoms with Crippen molar-refractivity contribution in [2.45, 2.75) is 24.6 Å². The van der Waals surface area contributed by atoms with Crippen LogP contribution in [0.3, 0.4) is 0 Å². The van der Waals surface area contributed by atoms with E-state index in [4.69, 9.17) is 11.6 Å². The molecule has 0 atom stereocenters. The Morgan fingerprint density at radius 2 is 1.87 bits per heavy atom. The Bertz CT molecular complexity index is 696. The first-order valence-electron chi connectivity index (χ1n) is 7.05. The number of aliphatic hydroxyl groups is 1. The highest BCUT2D eigenvalue weighted by molar-refractivity contribution is 7.13. The molecule has 124 valence electrons. The lowest BCUT2D eigenvalue weighted by atomic mass is 9.84. The van der Waals surface area contributed by atoms with Crippen molar-refractivity contribution in [3.63, 3.8) is 0 Å². The number of nitrogens with zero attached hydrogens (tertiary/aromatic N) is 2. The number of thiazole rings is 1. The van der Waals surface area contributed by atoms with Gasteiger partial charge in [0.25, 0.3) is 0 Å². The van der Waals surface area contributed by atoms with Crippen molar-refractivity contribution in [2.75, 3.05) is 18.0 Å². The predicted molar refractivity (Wildman–Crippen MR) is 83.9 cm³/mol. The van der Waals surface area contributed by atoms with E-state index >= 15 is 0 Å². The van der Waals surface area contributed by atoms with Gasteiger partial charge >= 0.3 is 6.18 Å². The molecule has 3 nitrogen and oxygen atoms in total. The van der Waals surface area contributed by atoms with Crippen molar-refractivity contribution in [1.29, 1.82) is 0 Å². The second kappa shape index (κ2) is 5.96. The van der Waals surface area contributed by atoms with Gasteiger partial charge < -0.3 is 10.0 Å². The fourth-order valence-corrected chi connectivity index (χ4v) is 3.91. The van der Waals surface area contributed by atoms with Crippen LogP contribution in [0.15, 0.2) is 29.6 Å². The molecule has 0 bridgehead atoms. The van der Waals surface area contributed by atoms with E-state index in [9.17, 15) is 18.3 Å². The van der Waals surface area contributed by atoms with E-state index in [-0.39, 0.29) is 0 Å². The van der Waals surface area contributed by atoms with Crippen LogP contribution in [0, 0.1) is 0 Å². The van der Waals surface area contributed by atoms with Gasteiger partial charge in [0.2, 0.25) is 0 Å². The minimum atomic E-state index is -4.43. The van der Waals surface area contributed by atoms with E-state index in [0.29, 0.717) is 41.6 Å². The molecule has 2 heterocycles. The van der Waals surface area contributed by atoms with Crippen LogP contribution in [0.1, 0.15) is 24.1 Å². The molecule has 1 fully saturated rings. The molecule has 1 saturated heterocycles.